The first-order chi connectivity index (χ1) is 14.2. The number of carbonyl (C=O) groups is 2. The minimum atomic E-state index is -0.214. The molecule has 3 rings (SSSR count). The Morgan fingerprint density at radius 3 is 2.53 bits per heavy atom. The zero-order valence-corrected chi connectivity index (χ0v) is 18.6. The Bertz CT molecular complexity index is 1100. The topological polar surface area (TPSA) is 62.6 Å². The van der Waals surface area contributed by atoms with E-state index in [2.05, 4.69) is 32.2 Å². The minimum Gasteiger partial charge on any atom is -0.464 e. The number of amides is 2. The summed E-state index contributed by atoms with van der Waals surface area (Å²) in [5.74, 6) is 0.0547. The van der Waals surface area contributed by atoms with Gasteiger partial charge in [0, 0.05) is 23.7 Å². The number of hydrogen-bond donors (Lipinski definition) is 1. The minimum absolute atomic E-state index is 0.00164. The molecule has 1 heterocycles. The van der Waals surface area contributed by atoms with E-state index in [1.54, 1.807) is 13.3 Å². The largest absolute Gasteiger partial charge is 0.464 e. The van der Waals surface area contributed by atoms with Crippen molar-refractivity contribution in [2.75, 3.05) is 18.9 Å². The number of carbonyl (C=O) groups excluding carboxylic acids is 2. The van der Waals surface area contributed by atoms with E-state index in [9.17, 15) is 9.59 Å². The molecule has 3 aromatic rings. The maximum atomic E-state index is 12.8. The van der Waals surface area contributed by atoms with Crippen LogP contribution >= 0.6 is 0 Å². The third kappa shape index (κ3) is 4.56. The van der Waals surface area contributed by atoms with E-state index in [1.165, 1.54) is 16.0 Å². The highest BCUT2D eigenvalue weighted by atomic mass is 16.3. The molecule has 30 heavy (non-hydrogen) atoms. The third-order valence-corrected chi connectivity index (χ3v) is 5.69. The zero-order valence-electron chi connectivity index (χ0n) is 18.6. The average Bonchev–Trinajstić information content (AvgIpc) is 3.05. The van der Waals surface area contributed by atoms with Gasteiger partial charge in [0.25, 0.3) is 0 Å². The summed E-state index contributed by atoms with van der Waals surface area (Å²) >= 11 is 0. The molecule has 0 saturated carbocycles. The van der Waals surface area contributed by atoms with Gasteiger partial charge >= 0.3 is 0 Å². The highest BCUT2D eigenvalue weighted by molar-refractivity contribution is 5.96. The van der Waals surface area contributed by atoms with Crippen LogP contribution in [0.1, 0.15) is 47.6 Å². The lowest BCUT2D eigenvalue weighted by molar-refractivity contribution is -0.132. The smallest absolute Gasteiger partial charge is 0.243 e. The molecule has 5 heteroatoms. The second kappa shape index (κ2) is 8.74. The fraction of sp³-hybridized carbons (Fsp3) is 0.360. The molecule has 158 valence electrons. The molecule has 2 aromatic carbocycles. The number of hydrogen-bond acceptors (Lipinski definition) is 3. The Morgan fingerprint density at radius 2 is 1.83 bits per heavy atom. The second-order valence-electron chi connectivity index (χ2n) is 8.34. The van der Waals surface area contributed by atoms with Gasteiger partial charge in [-0.3, -0.25) is 9.59 Å². The summed E-state index contributed by atoms with van der Waals surface area (Å²) in [5.41, 5.74) is 6.98. The summed E-state index contributed by atoms with van der Waals surface area (Å²) < 4.78 is 5.68. The van der Waals surface area contributed by atoms with Gasteiger partial charge in [0.05, 0.1) is 19.2 Å². The van der Waals surface area contributed by atoms with Crippen LogP contribution in [0.2, 0.25) is 0 Å². The molecule has 0 spiro atoms. The van der Waals surface area contributed by atoms with E-state index in [-0.39, 0.29) is 24.8 Å². The zero-order chi connectivity index (χ0) is 22.0. The van der Waals surface area contributed by atoms with E-state index in [4.69, 9.17) is 4.42 Å². The predicted octanol–water partition coefficient (Wildman–Crippen LogP) is 5.12. The molecular weight excluding hydrogens is 376 g/mol. The Labute approximate surface area is 178 Å². The van der Waals surface area contributed by atoms with E-state index in [1.807, 2.05) is 38.1 Å². The van der Waals surface area contributed by atoms with Gasteiger partial charge in [0.2, 0.25) is 11.8 Å². The number of nitrogens with one attached hydrogen (secondary N) is 1. The summed E-state index contributed by atoms with van der Waals surface area (Å²) in [7, 11) is 1.65. The summed E-state index contributed by atoms with van der Waals surface area (Å²) in [6.07, 6.45) is 1.84. The van der Waals surface area contributed by atoms with Crippen LogP contribution in [0.25, 0.3) is 11.0 Å². The van der Waals surface area contributed by atoms with Gasteiger partial charge < -0.3 is 14.6 Å². The van der Waals surface area contributed by atoms with Gasteiger partial charge in [-0.25, -0.2) is 0 Å². The molecule has 5 nitrogen and oxygen atoms in total. The molecular formula is C25H30N2O3. The van der Waals surface area contributed by atoms with Crippen LogP contribution in [0.4, 0.5) is 5.69 Å². The summed E-state index contributed by atoms with van der Waals surface area (Å²) in [4.78, 5) is 26.6. The molecule has 2 amide bonds. The number of anilines is 1. The monoisotopic (exact) mass is 406 g/mol. The van der Waals surface area contributed by atoms with Crippen molar-refractivity contribution in [1.29, 1.82) is 0 Å². The van der Waals surface area contributed by atoms with Crippen molar-refractivity contribution in [2.45, 2.75) is 47.0 Å². The van der Waals surface area contributed by atoms with Crippen LogP contribution in [0.15, 0.2) is 41.0 Å². The molecule has 1 N–H and O–H groups in total. The standard InChI is InChI=1S/C25H30N2O3/c1-15(2)20-12-21-19(14-30-23(21)10-17(20)4)11-25(29)27(6)13-24(28)26-22-9-7-8-16(3)18(22)5/h7-10,12,14-15H,11,13H2,1-6H3,(H,26,28). The molecule has 0 atom stereocenters. The SMILES string of the molecule is Cc1cc2occ(CC(=O)N(C)CC(=O)Nc3cccc(C)c3C)c2cc1C(C)C. The van der Waals surface area contributed by atoms with Crippen molar-refractivity contribution in [2.24, 2.45) is 0 Å². The second-order valence-corrected chi connectivity index (χ2v) is 8.34. The fourth-order valence-corrected chi connectivity index (χ4v) is 3.68. The Balaban J connectivity index is 1.69. The van der Waals surface area contributed by atoms with Crippen molar-refractivity contribution in [3.05, 3.63) is 64.4 Å². The molecule has 0 bridgehead atoms. The van der Waals surface area contributed by atoms with Crippen molar-refractivity contribution in [3.8, 4) is 0 Å². The highest BCUT2D eigenvalue weighted by Gasteiger charge is 2.18. The first-order valence-corrected chi connectivity index (χ1v) is 10.3. The van der Waals surface area contributed by atoms with E-state index in [0.717, 1.165) is 33.3 Å². The lowest BCUT2D eigenvalue weighted by Crippen LogP contribution is -2.35. The lowest BCUT2D eigenvalue weighted by Gasteiger charge is -2.17. The summed E-state index contributed by atoms with van der Waals surface area (Å²) in [6, 6.07) is 9.93. The fourth-order valence-electron chi connectivity index (χ4n) is 3.68. The first-order valence-electron chi connectivity index (χ1n) is 10.3. The molecule has 0 unspecified atom stereocenters. The molecule has 1 aromatic heterocycles. The number of aryl methyl sites for hydroxylation is 2. The van der Waals surface area contributed by atoms with Crippen LogP contribution in [0.3, 0.4) is 0 Å². The first kappa shape index (κ1) is 21.6. The molecule has 0 fully saturated rings. The van der Waals surface area contributed by atoms with Crippen molar-refractivity contribution in [3.63, 3.8) is 0 Å². The summed E-state index contributed by atoms with van der Waals surface area (Å²) in [5, 5.41) is 3.86. The Morgan fingerprint density at radius 1 is 1.10 bits per heavy atom. The number of rotatable bonds is 6. The Kier molecular flexibility index (Phi) is 6.30. The normalized spacial score (nSPS) is 11.2. The average molecular weight is 407 g/mol. The quantitative estimate of drug-likeness (QED) is 0.618. The van der Waals surface area contributed by atoms with Gasteiger partial charge in [-0.2, -0.15) is 0 Å². The van der Waals surface area contributed by atoms with E-state index >= 15 is 0 Å². The predicted molar refractivity (Wildman–Crippen MR) is 121 cm³/mol. The van der Waals surface area contributed by atoms with Gasteiger partial charge in [0.1, 0.15) is 5.58 Å². The third-order valence-electron chi connectivity index (χ3n) is 5.69. The number of likely N-dealkylation sites (N-methyl/N-ethyl adjacent to an activating group) is 1. The molecule has 0 aliphatic heterocycles. The van der Waals surface area contributed by atoms with Crippen molar-refractivity contribution in [1.82, 2.24) is 4.90 Å². The maximum absolute atomic E-state index is 12.8. The molecule has 0 aliphatic carbocycles. The van der Waals surface area contributed by atoms with Crippen LogP contribution in [0.5, 0.6) is 0 Å². The lowest BCUT2D eigenvalue weighted by atomic mass is 9.95. The van der Waals surface area contributed by atoms with Gasteiger partial charge in [-0.15, -0.1) is 0 Å². The summed E-state index contributed by atoms with van der Waals surface area (Å²) in [6.45, 7) is 10.4. The van der Waals surface area contributed by atoms with Crippen LogP contribution < -0.4 is 5.32 Å². The van der Waals surface area contributed by atoms with Crippen LogP contribution in [-0.4, -0.2) is 30.3 Å². The molecule has 0 radical (unpaired) electrons. The molecule has 0 aliphatic rings. The highest BCUT2D eigenvalue weighted by Crippen LogP contribution is 2.29. The maximum Gasteiger partial charge on any atom is 0.243 e. The van der Waals surface area contributed by atoms with E-state index < -0.39 is 0 Å². The van der Waals surface area contributed by atoms with E-state index in [0.29, 0.717) is 5.92 Å². The van der Waals surface area contributed by atoms with Crippen molar-refractivity contribution >= 4 is 28.5 Å². The van der Waals surface area contributed by atoms with Gasteiger partial charge in [-0.05, 0) is 67.1 Å². The van der Waals surface area contributed by atoms with Gasteiger partial charge in [0.15, 0.2) is 0 Å². The number of furan rings is 1. The molecule has 0 saturated heterocycles. The van der Waals surface area contributed by atoms with Crippen LogP contribution in [-0.2, 0) is 16.0 Å². The number of nitrogens with zero attached hydrogens (tertiary/aromatic N) is 1. The Hall–Kier alpha value is -3.08. The number of benzene rings is 2. The van der Waals surface area contributed by atoms with Crippen molar-refractivity contribution < 1.29 is 14.0 Å². The van der Waals surface area contributed by atoms with Crippen LogP contribution in [0, 0.1) is 20.8 Å². The van der Waals surface area contributed by atoms with Gasteiger partial charge in [-0.1, -0.05) is 26.0 Å². The number of fused-ring (bicyclic) bond motifs is 1.